The first-order valence-electron chi connectivity index (χ1n) is 6.75. The largest absolute Gasteiger partial charge is 0.389 e. The van der Waals surface area contributed by atoms with Crippen LogP contribution in [0.4, 0.5) is 10.1 Å². The van der Waals surface area contributed by atoms with Gasteiger partial charge in [0.2, 0.25) is 0 Å². The molecule has 1 saturated heterocycles. The third-order valence-corrected chi connectivity index (χ3v) is 4.13. The van der Waals surface area contributed by atoms with Gasteiger partial charge in [-0.25, -0.2) is 4.39 Å². The normalized spacial score (nSPS) is 26.2. The highest BCUT2D eigenvalue weighted by Crippen LogP contribution is 2.34. The second kappa shape index (κ2) is 5.27. The van der Waals surface area contributed by atoms with Crippen molar-refractivity contribution in [3.8, 4) is 0 Å². The topological polar surface area (TPSA) is 23.5 Å². The Bertz CT molecular complexity index is 419. The monoisotopic (exact) mass is 251 g/mol. The number of hydrogen-bond acceptors (Lipinski definition) is 2. The summed E-state index contributed by atoms with van der Waals surface area (Å²) >= 11 is 0. The molecule has 0 aromatic heterocycles. The highest BCUT2D eigenvalue weighted by Gasteiger charge is 2.28. The van der Waals surface area contributed by atoms with Gasteiger partial charge < -0.3 is 10.0 Å². The Morgan fingerprint density at radius 1 is 1.39 bits per heavy atom. The number of aliphatic hydroxyl groups is 1. The molecular weight excluding hydrogens is 229 g/mol. The summed E-state index contributed by atoms with van der Waals surface area (Å²) in [6, 6.07) is 5.45. The SMILES string of the molecule is CC1CCCN(c2cccc(F)c2[C@@H](C)O)C1C. The number of anilines is 1. The van der Waals surface area contributed by atoms with E-state index in [0.29, 0.717) is 17.5 Å². The average Bonchev–Trinajstić information content (AvgIpc) is 2.32. The lowest BCUT2D eigenvalue weighted by Gasteiger charge is -2.41. The van der Waals surface area contributed by atoms with Gasteiger partial charge in [0.1, 0.15) is 5.82 Å². The van der Waals surface area contributed by atoms with E-state index < -0.39 is 6.10 Å². The predicted octanol–water partition coefficient (Wildman–Crippen LogP) is 3.50. The van der Waals surface area contributed by atoms with Gasteiger partial charge >= 0.3 is 0 Å². The van der Waals surface area contributed by atoms with E-state index in [2.05, 4.69) is 18.7 Å². The molecule has 0 amide bonds. The minimum atomic E-state index is -0.773. The molecule has 2 unspecified atom stereocenters. The molecule has 1 fully saturated rings. The van der Waals surface area contributed by atoms with Crippen LogP contribution in [-0.4, -0.2) is 17.7 Å². The molecule has 100 valence electrons. The van der Waals surface area contributed by atoms with Gasteiger partial charge in [0, 0.05) is 23.8 Å². The lowest BCUT2D eigenvalue weighted by molar-refractivity contribution is 0.194. The van der Waals surface area contributed by atoms with Crippen molar-refractivity contribution in [3.05, 3.63) is 29.6 Å². The summed E-state index contributed by atoms with van der Waals surface area (Å²) in [5.41, 5.74) is 1.28. The summed E-state index contributed by atoms with van der Waals surface area (Å²) < 4.78 is 13.9. The van der Waals surface area contributed by atoms with Gasteiger partial charge in [0.05, 0.1) is 6.10 Å². The first kappa shape index (κ1) is 13.3. The minimum absolute atomic E-state index is 0.312. The van der Waals surface area contributed by atoms with Crippen LogP contribution < -0.4 is 4.90 Å². The second-order valence-electron chi connectivity index (χ2n) is 5.40. The van der Waals surface area contributed by atoms with Gasteiger partial charge in [-0.3, -0.25) is 0 Å². The fourth-order valence-electron chi connectivity index (χ4n) is 2.87. The number of piperidine rings is 1. The van der Waals surface area contributed by atoms with E-state index >= 15 is 0 Å². The molecule has 2 rings (SSSR count). The molecular formula is C15H22FNO. The van der Waals surface area contributed by atoms with Crippen molar-refractivity contribution in [3.63, 3.8) is 0 Å². The Hall–Kier alpha value is -1.09. The van der Waals surface area contributed by atoms with Crippen LogP contribution in [0.5, 0.6) is 0 Å². The van der Waals surface area contributed by atoms with Crippen LogP contribution in [0.25, 0.3) is 0 Å². The summed E-state index contributed by atoms with van der Waals surface area (Å²) in [6.07, 6.45) is 1.57. The van der Waals surface area contributed by atoms with Crippen LogP contribution >= 0.6 is 0 Å². The lowest BCUT2D eigenvalue weighted by atomic mass is 9.90. The van der Waals surface area contributed by atoms with E-state index in [4.69, 9.17) is 0 Å². The Labute approximate surface area is 108 Å². The van der Waals surface area contributed by atoms with Crippen LogP contribution in [0.2, 0.25) is 0 Å². The molecule has 3 heteroatoms. The van der Waals surface area contributed by atoms with Crippen LogP contribution in [0.15, 0.2) is 18.2 Å². The second-order valence-corrected chi connectivity index (χ2v) is 5.40. The fraction of sp³-hybridized carbons (Fsp3) is 0.600. The van der Waals surface area contributed by atoms with Gasteiger partial charge in [-0.2, -0.15) is 0 Å². The minimum Gasteiger partial charge on any atom is -0.389 e. The summed E-state index contributed by atoms with van der Waals surface area (Å²) in [7, 11) is 0. The summed E-state index contributed by atoms with van der Waals surface area (Å²) in [5, 5.41) is 9.80. The first-order chi connectivity index (χ1) is 8.52. The highest BCUT2D eigenvalue weighted by molar-refractivity contribution is 5.56. The molecule has 1 aromatic carbocycles. The van der Waals surface area contributed by atoms with Crippen LogP contribution in [-0.2, 0) is 0 Å². The maximum Gasteiger partial charge on any atom is 0.131 e. The third-order valence-electron chi connectivity index (χ3n) is 4.13. The first-order valence-corrected chi connectivity index (χ1v) is 6.75. The van der Waals surface area contributed by atoms with Gasteiger partial charge in [0.25, 0.3) is 0 Å². The van der Waals surface area contributed by atoms with Crippen molar-refractivity contribution in [2.45, 2.75) is 45.8 Å². The number of halogens is 1. The van der Waals surface area contributed by atoms with E-state index in [9.17, 15) is 9.50 Å². The zero-order valence-electron chi connectivity index (χ0n) is 11.4. The Kier molecular flexibility index (Phi) is 3.91. The Morgan fingerprint density at radius 3 is 2.78 bits per heavy atom. The Morgan fingerprint density at radius 2 is 2.11 bits per heavy atom. The number of rotatable bonds is 2. The standard InChI is InChI=1S/C15H22FNO/c1-10-6-5-9-17(11(10)2)14-8-4-7-13(16)15(14)12(3)18/h4,7-8,10-12,18H,5-6,9H2,1-3H3/t10?,11?,12-/m1/s1. The van der Waals surface area contributed by atoms with Crippen molar-refractivity contribution in [2.24, 2.45) is 5.92 Å². The molecule has 0 saturated carbocycles. The van der Waals surface area contributed by atoms with E-state index in [1.54, 1.807) is 13.0 Å². The summed E-state index contributed by atoms with van der Waals surface area (Å²) in [5.74, 6) is 0.289. The van der Waals surface area contributed by atoms with E-state index in [1.807, 2.05) is 6.07 Å². The quantitative estimate of drug-likeness (QED) is 0.869. The summed E-state index contributed by atoms with van der Waals surface area (Å²) in [6.45, 7) is 6.98. The molecule has 0 spiro atoms. The maximum atomic E-state index is 13.9. The zero-order chi connectivity index (χ0) is 13.3. The Balaban J connectivity index is 2.41. The highest BCUT2D eigenvalue weighted by atomic mass is 19.1. The molecule has 2 nitrogen and oxygen atoms in total. The van der Waals surface area contributed by atoms with Crippen LogP contribution in [0, 0.1) is 11.7 Å². The number of benzene rings is 1. The van der Waals surface area contributed by atoms with Crippen molar-refractivity contribution in [2.75, 3.05) is 11.4 Å². The number of nitrogens with zero attached hydrogens (tertiary/aromatic N) is 1. The molecule has 3 atom stereocenters. The zero-order valence-corrected chi connectivity index (χ0v) is 11.4. The van der Waals surface area contributed by atoms with E-state index in [0.717, 1.165) is 18.7 Å². The van der Waals surface area contributed by atoms with Gasteiger partial charge in [-0.1, -0.05) is 13.0 Å². The van der Waals surface area contributed by atoms with Crippen molar-refractivity contribution in [1.82, 2.24) is 0 Å². The third kappa shape index (κ3) is 2.37. The number of aliphatic hydroxyl groups excluding tert-OH is 1. The van der Waals surface area contributed by atoms with Crippen molar-refractivity contribution in [1.29, 1.82) is 0 Å². The predicted molar refractivity (Wildman–Crippen MR) is 72.2 cm³/mol. The molecule has 1 N–H and O–H groups in total. The van der Waals surface area contributed by atoms with E-state index in [1.165, 1.54) is 12.5 Å². The molecule has 1 heterocycles. The van der Waals surface area contributed by atoms with Gasteiger partial charge in [0.15, 0.2) is 0 Å². The summed E-state index contributed by atoms with van der Waals surface area (Å²) in [4.78, 5) is 2.24. The van der Waals surface area contributed by atoms with Crippen molar-refractivity contribution >= 4 is 5.69 Å². The lowest BCUT2D eigenvalue weighted by Crippen LogP contribution is -2.43. The average molecular weight is 251 g/mol. The maximum absolute atomic E-state index is 13.9. The molecule has 0 bridgehead atoms. The van der Waals surface area contributed by atoms with Gasteiger partial charge in [-0.05, 0) is 44.7 Å². The fourth-order valence-corrected chi connectivity index (χ4v) is 2.87. The number of hydrogen-bond donors (Lipinski definition) is 1. The molecule has 1 aliphatic rings. The molecule has 0 aliphatic carbocycles. The van der Waals surface area contributed by atoms with Crippen molar-refractivity contribution < 1.29 is 9.50 Å². The van der Waals surface area contributed by atoms with Crippen LogP contribution in [0.1, 0.15) is 45.3 Å². The molecule has 1 aliphatic heterocycles. The van der Waals surface area contributed by atoms with Gasteiger partial charge in [-0.15, -0.1) is 0 Å². The van der Waals surface area contributed by atoms with Crippen LogP contribution in [0.3, 0.4) is 0 Å². The molecule has 0 radical (unpaired) electrons. The van der Waals surface area contributed by atoms with E-state index in [-0.39, 0.29) is 5.82 Å². The molecule has 1 aromatic rings. The molecule has 18 heavy (non-hydrogen) atoms. The smallest absolute Gasteiger partial charge is 0.131 e.